The lowest BCUT2D eigenvalue weighted by atomic mass is 9.46. The number of methoxy groups -OCH3 is 1. The highest BCUT2D eigenvalue weighted by Crippen LogP contribution is 2.71. The molecule has 0 radical (unpaired) electrons. The largest absolute Gasteiger partial charge is 0.462 e. The Morgan fingerprint density at radius 2 is 1.73 bits per heavy atom. The number of alkyl halides is 1. The second kappa shape index (κ2) is 7.51. The summed E-state index contributed by atoms with van der Waals surface area (Å²) in [4.78, 5) is 11.7. The molecule has 182 valence electrons. The van der Waals surface area contributed by atoms with Gasteiger partial charge in [-0.25, -0.2) is 4.89 Å². The second-order valence-electron chi connectivity index (χ2n) is 10.6. The fourth-order valence-corrected chi connectivity index (χ4v) is 7.95. The van der Waals surface area contributed by atoms with E-state index in [-0.39, 0.29) is 16.7 Å². The highest BCUT2D eigenvalue weighted by Gasteiger charge is 2.78. The van der Waals surface area contributed by atoms with E-state index in [1.54, 1.807) is 26.2 Å². The van der Waals surface area contributed by atoms with E-state index in [2.05, 4.69) is 0 Å². The van der Waals surface area contributed by atoms with Gasteiger partial charge in [0.05, 0.1) is 6.10 Å². The summed E-state index contributed by atoms with van der Waals surface area (Å²) >= 11 is 6.97. The van der Waals surface area contributed by atoms with Crippen LogP contribution in [0.5, 0.6) is 5.75 Å². The first-order chi connectivity index (χ1) is 15.7. The van der Waals surface area contributed by atoms with Crippen LogP contribution in [0, 0.1) is 17.8 Å². The molecular formula is C24H31ClO8. The van der Waals surface area contributed by atoms with Gasteiger partial charge >= 0.3 is 0 Å². The van der Waals surface area contributed by atoms with Crippen LogP contribution in [-0.2, 0) is 25.0 Å². The number of hydrogen-bond acceptors (Lipinski definition) is 8. The molecule has 2 heterocycles. The van der Waals surface area contributed by atoms with Gasteiger partial charge in [0.15, 0.2) is 5.60 Å². The molecule has 8 nitrogen and oxygen atoms in total. The average molecular weight is 483 g/mol. The van der Waals surface area contributed by atoms with Gasteiger partial charge < -0.3 is 29.5 Å². The Labute approximate surface area is 197 Å². The molecule has 0 amide bonds. The van der Waals surface area contributed by atoms with Crippen molar-refractivity contribution >= 4 is 11.6 Å². The van der Waals surface area contributed by atoms with E-state index < -0.39 is 42.1 Å². The van der Waals surface area contributed by atoms with Crippen LogP contribution < -0.4 is 4.74 Å². The van der Waals surface area contributed by atoms with E-state index in [1.807, 2.05) is 12.1 Å². The van der Waals surface area contributed by atoms with E-state index in [4.69, 9.17) is 35.6 Å². The summed E-state index contributed by atoms with van der Waals surface area (Å²) in [5.41, 5.74) is 0.148. The first kappa shape index (κ1) is 22.5. The summed E-state index contributed by atoms with van der Waals surface area (Å²) < 4.78 is 17.6. The molecule has 7 rings (SSSR count). The van der Waals surface area contributed by atoms with E-state index in [0.29, 0.717) is 11.7 Å². The predicted molar refractivity (Wildman–Crippen MR) is 115 cm³/mol. The molecule has 1 aromatic carbocycles. The number of aliphatic hydroxyl groups is 3. The van der Waals surface area contributed by atoms with E-state index >= 15 is 0 Å². The summed E-state index contributed by atoms with van der Waals surface area (Å²) in [5.74, 6) is 0.429. The van der Waals surface area contributed by atoms with Crippen molar-refractivity contribution in [2.45, 2.75) is 86.0 Å². The molecule has 2 aliphatic heterocycles. The Hall–Kier alpha value is -0.970. The maximum Gasteiger partial charge on any atom is 0.260 e. The molecule has 9 heteroatoms. The van der Waals surface area contributed by atoms with Gasteiger partial charge in [-0.3, -0.25) is 0 Å². The Kier molecular flexibility index (Phi) is 5.12. The number of halogens is 1. The minimum atomic E-state index is -1.39. The van der Waals surface area contributed by atoms with Crippen molar-refractivity contribution in [3.05, 3.63) is 29.8 Å². The van der Waals surface area contributed by atoms with Gasteiger partial charge in [0.1, 0.15) is 24.1 Å². The zero-order chi connectivity index (χ0) is 23.2. The minimum Gasteiger partial charge on any atom is -0.462 e. The molecule has 4 saturated carbocycles. The molecule has 6 fully saturated rings. The van der Waals surface area contributed by atoms with Gasteiger partial charge in [-0.05, 0) is 68.9 Å². The van der Waals surface area contributed by atoms with Crippen molar-refractivity contribution in [2.75, 3.05) is 7.11 Å². The predicted octanol–water partition coefficient (Wildman–Crippen LogP) is 2.21. The van der Waals surface area contributed by atoms with Gasteiger partial charge in [0.2, 0.25) is 6.29 Å². The van der Waals surface area contributed by atoms with Crippen molar-refractivity contribution < 1.29 is 39.3 Å². The monoisotopic (exact) mass is 482 g/mol. The Bertz CT molecular complexity index is 907. The van der Waals surface area contributed by atoms with Crippen LogP contribution in [-0.4, -0.2) is 63.6 Å². The standard InChI is InChI=1S/C24H31ClO8/c1-12-18(26)19(27)20(28)21(30-12)31-17-5-3-4-14(8-17)24(29-2)23(32-33-24)15-6-13-7-16(23)11-22(25,9-13)10-15/h3-5,8,12-13,15-16,18-21,26-28H,6-7,9-11H2,1-2H3/t12-,13?,15?,16?,18-,19+,20-,21+,22?,23?,24?/m1/s1. The molecule has 6 aliphatic rings. The average Bonchev–Trinajstić information content (AvgIpc) is 2.75. The normalized spacial score (nSPS) is 52.7. The highest BCUT2D eigenvalue weighted by molar-refractivity contribution is 6.24. The Morgan fingerprint density at radius 1 is 1.00 bits per heavy atom. The molecule has 2 saturated heterocycles. The van der Waals surface area contributed by atoms with Gasteiger partial charge in [-0.2, -0.15) is 4.89 Å². The van der Waals surface area contributed by atoms with Gasteiger partial charge in [-0.15, -0.1) is 11.6 Å². The van der Waals surface area contributed by atoms with Crippen molar-refractivity contribution in [3.8, 4) is 5.75 Å². The van der Waals surface area contributed by atoms with Gasteiger partial charge in [0, 0.05) is 17.5 Å². The summed E-state index contributed by atoms with van der Waals surface area (Å²) in [7, 11) is 1.63. The fourth-order valence-electron chi connectivity index (χ4n) is 7.36. The molecule has 3 N–H and O–H groups in total. The number of benzene rings is 1. The maximum atomic E-state index is 10.3. The van der Waals surface area contributed by atoms with E-state index in [0.717, 1.165) is 37.7 Å². The number of ether oxygens (including phenoxy) is 3. The van der Waals surface area contributed by atoms with Crippen LogP contribution in [0.1, 0.15) is 44.6 Å². The third-order valence-corrected chi connectivity index (χ3v) is 9.16. The number of hydrogen-bond donors (Lipinski definition) is 3. The molecule has 0 aromatic heterocycles. The zero-order valence-electron chi connectivity index (χ0n) is 18.7. The van der Waals surface area contributed by atoms with Crippen LogP contribution in [0.25, 0.3) is 0 Å². The van der Waals surface area contributed by atoms with Crippen molar-refractivity contribution in [3.63, 3.8) is 0 Å². The maximum absolute atomic E-state index is 10.3. The Balaban J connectivity index is 1.30. The topological polar surface area (TPSA) is 107 Å². The Morgan fingerprint density at radius 3 is 2.33 bits per heavy atom. The lowest BCUT2D eigenvalue weighted by Gasteiger charge is -2.70. The van der Waals surface area contributed by atoms with Crippen LogP contribution >= 0.6 is 11.6 Å². The molecule has 33 heavy (non-hydrogen) atoms. The summed E-state index contributed by atoms with van der Waals surface area (Å²) in [6, 6.07) is 7.28. The first-order valence-electron chi connectivity index (χ1n) is 11.8. The third kappa shape index (κ3) is 3.02. The summed E-state index contributed by atoms with van der Waals surface area (Å²) in [5, 5.41) is 30.4. The zero-order valence-corrected chi connectivity index (χ0v) is 19.5. The lowest BCUT2D eigenvalue weighted by Crippen LogP contribution is -2.78. The molecule has 4 aliphatic carbocycles. The summed E-state index contributed by atoms with van der Waals surface area (Å²) in [6.07, 6.45) is -0.827. The molecule has 1 aromatic rings. The minimum absolute atomic E-state index is 0.151. The molecule has 3 unspecified atom stereocenters. The second-order valence-corrected chi connectivity index (χ2v) is 11.4. The van der Waals surface area contributed by atoms with Gasteiger partial charge in [-0.1, -0.05) is 12.1 Å². The van der Waals surface area contributed by atoms with Gasteiger partial charge in [0.25, 0.3) is 5.79 Å². The smallest absolute Gasteiger partial charge is 0.260 e. The van der Waals surface area contributed by atoms with E-state index in [9.17, 15) is 15.3 Å². The van der Waals surface area contributed by atoms with Crippen molar-refractivity contribution in [1.82, 2.24) is 0 Å². The van der Waals surface area contributed by atoms with Crippen LogP contribution in [0.4, 0.5) is 0 Å². The number of aliphatic hydroxyl groups excluding tert-OH is 3. The first-order valence-corrected chi connectivity index (χ1v) is 12.2. The molecule has 1 spiro atoms. The van der Waals surface area contributed by atoms with Crippen molar-refractivity contribution in [1.29, 1.82) is 0 Å². The molecule has 4 bridgehead atoms. The summed E-state index contributed by atoms with van der Waals surface area (Å²) in [6.45, 7) is 1.62. The van der Waals surface area contributed by atoms with Crippen LogP contribution in [0.15, 0.2) is 24.3 Å². The van der Waals surface area contributed by atoms with Crippen LogP contribution in [0.3, 0.4) is 0 Å². The van der Waals surface area contributed by atoms with Crippen molar-refractivity contribution in [2.24, 2.45) is 17.8 Å². The molecular weight excluding hydrogens is 452 g/mol. The van der Waals surface area contributed by atoms with Crippen LogP contribution in [0.2, 0.25) is 0 Å². The lowest BCUT2D eigenvalue weighted by molar-refractivity contribution is -0.645. The third-order valence-electron chi connectivity index (χ3n) is 8.70. The van der Waals surface area contributed by atoms with E-state index in [1.165, 1.54) is 0 Å². The molecule has 8 atom stereocenters. The number of rotatable bonds is 4. The highest BCUT2D eigenvalue weighted by atomic mass is 35.5. The fraction of sp³-hybridized carbons (Fsp3) is 0.750. The quantitative estimate of drug-likeness (QED) is 0.443. The SMILES string of the molecule is COC1(c2cccc(O[C@@H]3O[C@H](C)[C@@H](O)[C@H](O)[C@H]3O)c2)OOC12C1CC3CC2CC(Cl)(C3)C1.